The maximum atomic E-state index is 14.1. The van der Waals surface area contributed by atoms with Gasteiger partial charge in [-0.15, -0.1) is 0 Å². The van der Waals surface area contributed by atoms with E-state index in [9.17, 15) is 8.42 Å². The van der Waals surface area contributed by atoms with Gasteiger partial charge in [0.25, 0.3) is 10.0 Å². The normalized spacial score (nSPS) is 16.4. The third kappa shape index (κ3) is 4.42. The van der Waals surface area contributed by atoms with Gasteiger partial charge in [-0.2, -0.15) is 0 Å². The maximum Gasteiger partial charge on any atom is 0.268 e. The molecule has 2 aliphatic heterocycles. The van der Waals surface area contributed by atoms with Crippen molar-refractivity contribution in [2.75, 3.05) is 20.8 Å². The molecule has 1 aromatic heterocycles. The van der Waals surface area contributed by atoms with E-state index in [0.29, 0.717) is 36.6 Å². The van der Waals surface area contributed by atoms with Crippen molar-refractivity contribution in [1.82, 2.24) is 8.87 Å². The van der Waals surface area contributed by atoms with E-state index >= 15 is 0 Å². The molecular weight excluding hydrogens is 548 g/mol. The van der Waals surface area contributed by atoms with E-state index in [1.807, 2.05) is 54.6 Å². The minimum absolute atomic E-state index is 0.0795. The smallest absolute Gasteiger partial charge is 0.268 e. The number of methoxy groups -OCH3 is 2. The molecule has 42 heavy (non-hydrogen) atoms. The molecule has 0 N–H and O–H groups in total. The fourth-order valence-corrected chi connectivity index (χ4v) is 8.02. The molecule has 0 fully saturated rings. The van der Waals surface area contributed by atoms with Crippen LogP contribution in [0.15, 0.2) is 95.9 Å². The van der Waals surface area contributed by atoms with Crippen LogP contribution in [-0.2, 0) is 36.0 Å². The SMILES string of the molecule is COc1ccc2c(c1)c1c(n2S(=O)(=O)c2ccccc2)CN2CCc3cc(OC)c(OCc4ccccc4)cc3C2C1. The fourth-order valence-electron chi connectivity index (χ4n) is 6.43. The standard InChI is InChI=1S/C34H32N2O5S/c1-39-25-13-14-30-28(18-25)29-19-31-27-20-34(41-22-23-9-5-3-6-10-23)33(40-2)17-24(27)15-16-35(31)21-32(29)36(30)42(37,38)26-11-7-4-8-12-26/h3-14,17-18,20,31H,15-16,19,21-22H2,1-2H3. The number of hydrogen-bond acceptors (Lipinski definition) is 6. The van der Waals surface area contributed by atoms with Crippen molar-refractivity contribution >= 4 is 20.9 Å². The molecule has 7 nitrogen and oxygen atoms in total. The molecule has 5 aromatic rings. The number of hydrogen-bond donors (Lipinski definition) is 0. The Labute approximate surface area is 245 Å². The average molecular weight is 581 g/mol. The Balaban J connectivity index is 1.33. The van der Waals surface area contributed by atoms with Crippen LogP contribution in [0.1, 0.15) is 34.0 Å². The van der Waals surface area contributed by atoms with Crippen LogP contribution in [0.25, 0.3) is 10.9 Å². The molecule has 0 bridgehead atoms. The summed E-state index contributed by atoms with van der Waals surface area (Å²) >= 11 is 0. The third-order valence-electron chi connectivity index (χ3n) is 8.50. The van der Waals surface area contributed by atoms with Crippen molar-refractivity contribution in [1.29, 1.82) is 0 Å². The molecule has 1 atom stereocenters. The monoisotopic (exact) mass is 580 g/mol. The zero-order valence-corrected chi connectivity index (χ0v) is 24.4. The first kappa shape index (κ1) is 26.6. The van der Waals surface area contributed by atoms with E-state index in [-0.39, 0.29) is 10.9 Å². The van der Waals surface area contributed by atoms with Gasteiger partial charge in [-0.25, -0.2) is 12.4 Å². The van der Waals surface area contributed by atoms with Crippen molar-refractivity contribution in [3.63, 3.8) is 0 Å². The summed E-state index contributed by atoms with van der Waals surface area (Å²) in [5, 5.41) is 0.907. The van der Waals surface area contributed by atoms with E-state index in [1.165, 1.54) is 11.1 Å². The Kier molecular flexibility index (Phi) is 6.67. The first-order valence-electron chi connectivity index (χ1n) is 14.1. The molecular formula is C34H32N2O5S. The zero-order chi connectivity index (χ0) is 28.8. The van der Waals surface area contributed by atoms with Crippen LogP contribution in [-0.4, -0.2) is 38.1 Å². The predicted molar refractivity (Wildman–Crippen MR) is 162 cm³/mol. The number of benzene rings is 4. The Morgan fingerprint density at radius 1 is 0.857 bits per heavy atom. The van der Waals surface area contributed by atoms with Gasteiger partial charge in [-0.05, 0) is 77.6 Å². The van der Waals surface area contributed by atoms with Gasteiger partial charge >= 0.3 is 0 Å². The lowest BCUT2D eigenvalue weighted by molar-refractivity contribution is 0.158. The van der Waals surface area contributed by atoms with Crippen molar-refractivity contribution < 1.29 is 22.6 Å². The van der Waals surface area contributed by atoms with E-state index in [0.717, 1.165) is 40.9 Å². The van der Waals surface area contributed by atoms with Crippen LogP contribution in [0.4, 0.5) is 0 Å². The number of aromatic nitrogens is 1. The molecule has 1 unspecified atom stereocenters. The summed E-state index contributed by atoms with van der Waals surface area (Å²) < 4.78 is 47.3. The molecule has 7 rings (SSSR count). The summed E-state index contributed by atoms with van der Waals surface area (Å²) in [6.07, 6.45) is 1.52. The molecule has 0 radical (unpaired) electrons. The molecule has 0 aliphatic carbocycles. The lowest BCUT2D eigenvalue weighted by Gasteiger charge is -2.41. The van der Waals surface area contributed by atoms with Gasteiger partial charge in [-0.1, -0.05) is 48.5 Å². The highest BCUT2D eigenvalue weighted by Gasteiger charge is 2.38. The summed E-state index contributed by atoms with van der Waals surface area (Å²) in [4.78, 5) is 2.67. The van der Waals surface area contributed by atoms with Gasteiger partial charge in [-0.3, -0.25) is 4.90 Å². The Hall–Kier alpha value is -4.27. The second-order valence-corrected chi connectivity index (χ2v) is 12.6. The van der Waals surface area contributed by atoms with E-state index in [4.69, 9.17) is 14.2 Å². The number of fused-ring (bicyclic) bond motifs is 6. The van der Waals surface area contributed by atoms with Crippen LogP contribution < -0.4 is 14.2 Å². The first-order chi connectivity index (χ1) is 20.5. The summed E-state index contributed by atoms with van der Waals surface area (Å²) in [7, 11) is -0.510. The highest BCUT2D eigenvalue weighted by Crippen LogP contribution is 2.46. The average Bonchev–Trinajstić information content (AvgIpc) is 3.36. The van der Waals surface area contributed by atoms with Crippen molar-refractivity contribution in [2.24, 2.45) is 0 Å². The van der Waals surface area contributed by atoms with Gasteiger partial charge in [0.05, 0.1) is 30.3 Å². The largest absolute Gasteiger partial charge is 0.497 e. The summed E-state index contributed by atoms with van der Waals surface area (Å²) in [6, 6.07) is 28.7. The molecule has 2 aliphatic rings. The van der Waals surface area contributed by atoms with Gasteiger partial charge in [0, 0.05) is 24.5 Å². The Morgan fingerprint density at radius 2 is 1.62 bits per heavy atom. The van der Waals surface area contributed by atoms with Crippen LogP contribution in [0.2, 0.25) is 0 Å². The van der Waals surface area contributed by atoms with Gasteiger partial charge < -0.3 is 14.2 Å². The Bertz CT molecular complexity index is 1880. The highest BCUT2D eigenvalue weighted by molar-refractivity contribution is 7.90. The zero-order valence-electron chi connectivity index (χ0n) is 23.6. The minimum Gasteiger partial charge on any atom is -0.497 e. The molecule has 4 aromatic carbocycles. The lowest BCUT2D eigenvalue weighted by Crippen LogP contribution is -2.40. The summed E-state index contributed by atoms with van der Waals surface area (Å²) in [6.45, 7) is 1.79. The number of rotatable bonds is 7. The van der Waals surface area contributed by atoms with Crippen LogP contribution in [0, 0.1) is 0 Å². The molecule has 0 amide bonds. The van der Waals surface area contributed by atoms with Crippen molar-refractivity contribution in [2.45, 2.75) is 36.9 Å². The van der Waals surface area contributed by atoms with Gasteiger partial charge in [0.2, 0.25) is 0 Å². The third-order valence-corrected chi connectivity index (χ3v) is 10.3. The summed E-state index contributed by atoms with van der Waals surface area (Å²) in [5.41, 5.74) is 6.05. The van der Waals surface area contributed by atoms with Crippen molar-refractivity contribution in [3.05, 3.63) is 119 Å². The van der Waals surface area contributed by atoms with E-state index in [2.05, 4.69) is 17.0 Å². The first-order valence-corrected chi connectivity index (χ1v) is 15.5. The van der Waals surface area contributed by atoms with Crippen LogP contribution in [0.3, 0.4) is 0 Å². The summed E-state index contributed by atoms with van der Waals surface area (Å²) in [5.74, 6) is 2.14. The van der Waals surface area contributed by atoms with E-state index < -0.39 is 10.0 Å². The molecule has 214 valence electrons. The Morgan fingerprint density at radius 3 is 2.36 bits per heavy atom. The van der Waals surface area contributed by atoms with Gasteiger partial charge in [0.15, 0.2) is 11.5 Å². The molecule has 0 saturated carbocycles. The second kappa shape index (κ2) is 10.5. The minimum atomic E-state index is -3.82. The molecule has 3 heterocycles. The number of nitrogens with zero attached hydrogens (tertiary/aromatic N) is 2. The highest BCUT2D eigenvalue weighted by atomic mass is 32.2. The second-order valence-electron chi connectivity index (χ2n) is 10.8. The quantitative estimate of drug-likeness (QED) is 0.231. The van der Waals surface area contributed by atoms with Crippen molar-refractivity contribution in [3.8, 4) is 17.2 Å². The van der Waals surface area contributed by atoms with Crippen LogP contribution in [0.5, 0.6) is 17.2 Å². The number of ether oxygens (including phenoxy) is 3. The molecule has 0 spiro atoms. The topological polar surface area (TPSA) is 70.0 Å². The predicted octanol–water partition coefficient (Wildman–Crippen LogP) is 6.13. The lowest BCUT2D eigenvalue weighted by atomic mass is 9.85. The van der Waals surface area contributed by atoms with Gasteiger partial charge in [0.1, 0.15) is 12.4 Å². The van der Waals surface area contributed by atoms with E-state index in [1.54, 1.807) is 42.5 Å². The maximum absolute atomic E-state index is 14.1. The fraction of sp³-hybridized carbons (Fsp3) is 0.235. The van der Waals surface area contributed by atoms with Crippen LogP contribution >= 0.6 is 0 Å². The molecule has 8 heteroatoms. The molecule has 0 saturated heterocycles.